The van der Waals surface area contributed by atoms with Gasteiger partial charge in [-0.2, -0.15) is 0 Å². The number of fused-ring (bicyclic) bond motifs is 2. The Morgan fingerprint density at radius 2 is 2.04 bits per heavy atom. The first-order valence-corrected chi connectivity index (χ1v) is 7.62. The Labute approximate surface area is 139 Å². The lowest BCUT2D eigenvalue weighted by atomic mass is 10.1. The number of benzene rings is 1. The van der Waals surface area contributed by atoms with Crippen molar-refractivity contribution in [1.29, 1.82) is 5.41 Å². The molecule has 0 atom stereocenters. The third-order valence-electron chi connectivity index (χ3n) is 3.97. The lowest BCUT2D eigenvalue weighted by molar-refractivity contribution is 1.08. The number of hydrogen-bond acceptors (Lipinski definition) is 5. The summed E-state index contributed by atoms with van der Waals surface area (Å²) in [5, 5.41) is 12.4. The van der Waals surface area contributed by atoms with E-state index in [4.69, 9.17) is 11.1 Å². The molecule has 3 rings (SSSR count). The molecule has 0 spiro atoms. The Morgan fingerprint density at radius 1 is 1.25 bits per heavy atom. The Hall–Kier alpha value is -3.05. The van der Waals surface area contributed by atoms with Gasteiger partial charge in [0.1, 0.15) is 0 Å². The van der Waals surface area contributed by atoms with Crippen molar-refractivity contribution in [2.24, 2.45) is 5.73 Å². The quantitative estimate of drug-likeness (QED) is 0.644. The molecule has 0 saturated heterocycles. The first-order valence-electron chi connectivity index (χ1n) is 7.62. The topological polar surface area (TPSA) is 91.9 Å². The lowest BCUT2D eigenvalue weighted by Gasteiger charge is -2.02. The molecule has 0 fully saturated rings. The molecule has 24 heavy (non-hydrogen) atoms. The van der Waals surface area contributed by atoms with Gasteiger partial charge in [-0.25, -0.2) is 0 Å². The van der Waals surface area contributed by atoms with E-state index in [0.29, 0.717) is 28.4 Å². The van der Waals surface area contributed by atoms with Crippen LogP contribution in [0.4, 0.5) is 0 Å². The van der Waals surface area contributed by atoms with Gasteiger partial charge < -0.3 is 16.5 Å². The zero-order valence-corrected chi connectivity index (χ0v) is 13.3. The van der Waals surface area contributed by atoms with Crippen molar-refractivity contribution in [1.82, 2.24) is 10.3 Å². The average molecular weight is 318 g/mol. The van der Waals surface area contributed by atoms with Gasteiger partial charge in [0, 0.05) is 54.1 Å². The first kappa shape index (κ1) is 15.8. The monoisotopic (exact) mass is 318 g/mol. The Balaban J connectivity index is 2.38. The molecule has 3 aromatic rings. The van der Waals surface area contributed by atoms with Crippen molar-refractivity contribution < 1.29 is 0 Å². The molecule has 4 N–H and O–H groups in total. The molecule has 120 valence electrons. The molecule has 0 unspecified atom stereocenters. The van der Waals surface area contributed by atoms with Crippen LogP contribution in [0.15, 0.2) is 53.6 Å². The van der Waals surface area contributed by atoms with E-state index in [1.165, 1.54) is 6.21 Å². The van der Waals surface area contributed by atoms with E-state index >= 15 is 0 Å². The van der Waals surface area contributed by atoms with Crippen LogP contribution in [0.2, 0.25) is 0 Å². The highest BCUT2D eigenvalue weighted by molar-refractivity contribution is 6.09. The second-order valence-electron chi connectivity index (χ2n) is 5.48. The highest BCUT2D eigenvalue weighted by Gasteiger charge is 2.07. The number of aromatic nitrogens is 1. The van der Waals surface area contributed by atoms with Crippen molar-refractivity contribution in [3.63, 3.8) is 0 Å². The number of nitrogens with zero attached hydrogens (tertiary/aromatic N) is 1. The minimum absolute atomic E-state index is 0.0801. The van der Waals surface area contributed by atoms with Gasteiger partial charge in [-0.15, -0.1) is 0 Å². The fourth-order valence-corrected chi connectivity index (χ4v) is 2.70. The van der Waals surface area contributed by atoms with Crippen LogP contribution in [-0.2, 0) is 6.54 Å². The van der Waals surface area contributed by atoms with E-state index in [0.717, 1.165) is 16.5 Å². The fraction of sp³-hybridized carbons (Fsp3) is 0.105. The highest BCUT2D eigenvalue weighted by atomic mass is 16.1. The predicted molar refractivity (Wildman–Crippen MR) is 99.2 cm³/mol. The molecule has 1 aromatic heterocycles. The third-order valence-corrected chi connectivity index (χ3v) is 3.97. The van der Waals surface area contributed by atoms with Crippen LogP contribution >= 0.6 is 0 Å². The molecule has 0 aliphatic rings. The van der Waals surface area contributed by atoms with Crippen LogP contribution in [0.5, 0.6) is 0 Å². The van der Waals surface area contributed by atoms with Crippen LogP contribution in [-0.4, -0.2) is 18.2 Å². The fourth-order valence-electron chi connectivity index (χ4n) is 2.70. The minimum Gasteiger partial charge on any atom is -0.393 e. The predicted octanol–water partition coefficient (Wildman–Crippen LogP) is 2.42. The molecular weight excluding hydrogens is 300 g/mol. The Bertz CT molecular complexity index is 1020. The second-order valence-corrected chi connectivity index (χ2v) is 5.48. The number of rotatable bonds is 4. The normalized spacial score (nSPS) is 11.7. The SMILES string of the molecule is CN/C=C(\C=N)c1cnc2ccc3ccc(CN)cc3c(=O)c2c1. The van der Waals surface area contributed by atoms with E-state index in [2.05, 4.69) is 10.3 Å². The molecule has 0 aliphatic carbocycles. The van der Waals surface area contributed by atoms with Crippen LogP contribution in [0.25, 0.3) is 27.2 Å². The van der Waals surface area contributed by atoms with Crippen LogP contribution in [0, 0.1) is 5.41 Å². The molecule has 0 radical (unpaired) electrons. The Morgan fingerprint density at radius 3 is 2.75 bits per heavy atom. The number of allylic oxidation sites excluding steroid dienone is 1. The lowest BCUT2D eigenvalue weighted by Crippen LogP contribution is -2.03. The summed E-state index contributed by atoms with van der Waals surface area (Å²) in [5.74, 6) is 0. The molecule has 1 heterocycles. The van der Waals surface area contributed by atoms with E-state index in [-0.39, 0.29) is 5.43 Å². The van der Waals surface area contributed by atoms with Crippen molar-refractivity contribution in [3.8, 4) is 0 Å². The Kier molecular flexibility index (Phi) is 4.35. The zero-order valence-electron chi connectivity index (χ0n) is 13.3. The van der Waals surface area contributed by atoms with E-state index < -0.39 is 0 Å². The van der Waals surface area contributed by atoms with Crippen LogP contribution in [0.1, 0.15) is 11.1 Å². The molecule has 5 nitrogen and oxygen atoms in total. The smallest absolute Gasteiger partial charge is 0.195 e. The van der Waals surface area contributed by atoms with Gasteiger partial charge in [0.25, 0.3) is 0 Å². The molecule has 0 saturated carbocycles. The van der Waals surface area contributed by atoms with Gasteiger partial charge in [-0.05, 0) is 29.1 Å². The van der Waals surface area contributed by atoms with Gasteiger partial charge in [0.2, 0.25) is 0 Å². The summed E-state index contributed by atoms with van der Waals surface area (Å²) in [6.07, 6.45) is 4.61. The first-order chi connectivity index (χ1) is 11.7. The van der Waals surface area contributed by atoms with Crippen molar-refractivity contribution in [2.75, 3.05) is 7.05 Å². The average Bonchev–Trinajstić information content (AvgIpc) is 2.76. The maximum atomic E-state index is 13.0. The summed E-state index contributed by atoms with van der Waals surface area (Å²) in [5.41, 5.74) is 8.54. The van der Waals surface area contributed by atoms with Crippen molar-refractivity contribution in [2.45, 2.75) is 6.54 Å². The number of pyridine rings is 1. The van der Waals surface area contributed by atoms with Crippen molar-refractivity contribution in [3.05, 3.63) is 70.1 Å². The van der Waals surface area contributed by atoms with Crippen LogP contribution in [0.3, 0.4) is 0 Å². The van der Waals surface area contributed by atoms with Gasteiger partial charge >= 0.3 is 0 Å². The number of hydrogen-bond donors (Lipinski definition) is 3. The molecular formula is C19H18N4O. The highest BCUT2D eigenvalue weighted by Crippen LogP contribution is 2.19. The largest absolute Gasteiger partial charge is 0.393 e. The molecule has 5 heteroatoms. The summed E-state index contributed by atoms with van der Waals surface area (Å²) >= 11 is 0. The molecule has 0 bridgehead atoms. The summed E-state index contributed by atoms with van der Waals surface area (Å²) < 4.78 is 0. The zero-order chi connectivity index (χ0) is 17.1. The maximum absolute atomic E-state index is 13.0. The van der Waals surface area contributed by atoms with Crippen molar-refractivity contribution >= 4 is 33.5 Å². The summed E-state index contributed by atoms with van der Waals surface area (Å²) in [6.45, 7) is 0.387. The van der Waals surface area contributed by atoms with E-state index in [1.54, 1.807) is 25.5 Å². The maximum Gasteiger partial charge on any atom is 0.195 e. The summed E-state index contributed by atoms with van der Waals surface area (Å²) in [7, 11) is 1.76. The molecule has 2 aromatic carbocycles. The molecule has 0 aliphatic heterocycles. The van der Waals surface area contributed by atoms with Gasteiger partial charge in [-0.3, -0.25) is 9.78 Å². The standard InChI is InChI=1S/C19H18N4O/c1-22-10-15(9-21)14-7-17-18(23-11-14)5-4-13-3-2-12(8-20)6-16(13)19(17)24/h2-7,9-11,21-22H,8,20H2,1H3/b15-10+,21-9?. The van der Waals surface area contributed by atoms with E-state index in [9.17, 15) is 4.79 Å². The number of nitrogens with two attached hydrogens (primary N) is 1. The van der Waals surface area contributed by atoms with Crippen LogP contribution < -0.4 is 16.5 Å². The summed E-state index contributed by atoms with van der Waals surface area (Å²) in [4.78, 5) is 17.4. The third kappa shape index (κ3) is 2.77. The van der Waals surface area contributed by atoms with Gasteiger partial charge in [0.05, 0.1) is 5.52 Å². The van der Waals surface area contributed by atoms with Gasteiger partial charge in [-0.1, -0.05) is 18.2 Å². The second kappa shape index (κ2) is 6.60. The summed E-state index contributed by atoms with van der Waals surface area (Å²) in [6, 6.07) is 11.2. The minimum atomic E-state index is -0.0801. The number of nitrogens with one attached hydrogen (secondary N) is 2. The van der Waals surface area contributed by atoms with E-state index in [1.807, 2.05) is 30.3 Å². The van der Waals surface area contributed by atoms with Gasteiger partial charge in [0.15, 0.2) is 5.43 Å². The molecule has 0 amide bonds.